The molecule has 18 heavy (non-hydrogen) atoms. The lowest BCUT2D eigenvalue weighted by molar-refractivity contribution is -0.135. The standard InChI is InChI=1S/C13H18N2O3/c1-3-15(4-2)13(17)10-18-14-9-11-7-5-6-8-12(11)16/h5-9,16H,3-4,10H2,1-2H3/b14-9+. The Bertz CT molecular complexity index is 414. The quantitative estimate of drug-likeness (QED) is 0.616. The van der Waals surface area contributed by atoms with Crippen molar-refractivity contribution in [2.75, 3.05) is 19.7 Å². The van der Waals surface area contributed by atoms with Crippen LogP contribution in [0.1, 0.15) is 19.4 Å². The molecule has 0 heterocycles. The van der Waals surface area contributed by atoms with Gasteiger partial charge in [0.25, 0.3) is 5.91 Å². The number of aromatic hydroxyl groups is 1. The van der Waals surface area contributed by atoms with Crippen molar-refractivity contribution in [1.29, 1.82) is 0 Å². The predicted molar refractivity (Wildman–Crippen MR) is 69.6 cm³/mol. The number of carbonyl (C=O) groups excluding carboxylic acids is 1. The summed E-state index contributed by atoms with van der Waals surface area (Å²) in [6.07, 6.45) is 1.38. The first-order valence-corrected chi connectivity index (χ1v) is 5.90. The second kappa shape index (κ2) is 7.32. The molecule has 5 nitrogen and oxygen atoms in total. The third kappa shape index (κ3) is 4.08. The highest BCUT2D eigenvalue weighted by Crippen LogP contribution is 2.12. The fourth-order valence-corrected chi connectivity index (χ4v) is 1.45. The molecule has 0 radical (unpaired) electrons. The Morgan fingerprint density at radius 1 is 1.39 bits per heavy atom. The number of amides is 1. The first-order valence-electron chi connectivity index (χ1n) is 5.90. The second-order valence-electron chi connectivity index (χ2n) is 3.63. The van der Waals surface area contributed by atoms with Crippen LogP contribution >= 0.6 is 0 Å². The zero-order valence-electron chi connectivity index (χ0n) is 10.7. The van der Waals surface area contributed by atoms with E-state index in [9.17, 15) is 9.90 Å². The predicted octanol–water partition coefficient (Wildman–Crippen LogP) is 1.61. The maximum atomic E-state index is 11.6. The fourth-order valence-electron chi connectivity index (χ4n) is 1.45. The van der Waals surface area contributed by atoms with Gasteiger partial charge in [0.2, 0.25) is 0 Å². The number of hydrogen-bond acceptors (Lipinski definition) is 4. The molecule has 1 N–H and O–H groups in total. The molecule has 0 saturated carbocycles. The summed E-state index contributed by atoms with van der Waals surface area (Å²) in [5.74, 6) is 0.0225. The number of benzene rings is 1. The molecule has 0 atom stereocenters. The molecular weight excluding hydrogens is 232 g/mol. The fraction of sp³-hybridized carbons (Fsp3) is 0.385. The summed E-state index contributed by atoms with van der Waals surface area (Å²) in [5, 5.41) is 13.1. The molecule has 98 valence electrons. The number of likely N-dealkylation sites (N-methyl/N-ethyl adjacent to an activating group) is 1. The molecule has 0 aromatic heterocycles. The Hall–Kier alpha value is -2.04. The highest BCUT2D eigenvalue weighted by molar-refractivity contribution is 5.83. The van der Waals surface area contributed by atoms with Crippen LogP contribution in [-0.4, -0.2) is 41.8 Å². The summed E-state index contributed by atoms with van der Waals surface area (Å²) in [4.78, 5) is 18.1. The number of oxime groups is 1. The van der Waals surface area contributed by atoms with E-state index >= 15 is 0 Å². The third-order valence-corrected chi connectivity index (χ3v) is 2.51. The molecule has 0 aliphatic heterocycles. The van der Waals surface area contributed by atoms with Gasteiger partial charge in [0.1, 0.15) is 5.75 Å². The minimum Gasteiger partial charge on any atom is -0.507 e. The number of rotatable bonds is 6. The monoisotopic (exact) mass is 250 g/mol. The second-order valence-corrected chi connectivity index (χ2v) is 3.63. The average molecular weight is 250 g/mol. The lowest BCUT2D eigenvalue weighted by atomic mass is 10.2. The summed E-state index contributed by atoms with van der Waals surface area (Å²) in [5.41, 5.74) is 0.549. The van der Waals surface area contributed by atoms with E-state index < -0.39 is 0 Å². The summed E-state index contributed by atoms with van der Waals surface area (Å²) in [6.45, 7) is 5.04. The topological polar surface area (TPSA) is 62.1 Å². The molecule has 1 aromatic carbocycles. The van der Waals surface area contributed by atoms with Gasteiger partial charge in [-0.05, 0) is 26.0 Å². The van der Waals surface area contributed by atoms with Crippen molar-refractivity contribution in [3.63, 3.8) is 0 Å². The summed E-state index contributed by atoms with van der Waals surface area (Å²) < 4.78 is 0. The first kappa shape index (κ1) is 14.0. The van der Waals surface area contributed by atoms with Crippen molar-refractivity contribution in [3.8, 4) is 5.75 Å². The Balaban J connectivity index is 2.42. The Morgan fingerprint density at radius 3 is 2.67 bits per heavy atom. The average Bonchev–Trinajstić information content (AvgIpc) is 2.38. The zero-order valence-corrected chi connectivity index (χ0v) is 10.7. The summed E-state index contributed by atoms with van der Waals surface area (Å²) >= 11 is 0. The number of hydrogen-bond donors (Lipinski definition) is 1. The highest BCUT2D eigenvalue weighted by atomic mass is 16.6. The van der Waals surface area contributed by atoms with Crippen LogP contribution in [0.2, 0.25) is 0 Å². The molecule has 5 heteroatoms. The highest BCUT2D eigenvalue weighted by Gasteiger charge is 2.09. The minimum absolute atomic E-state index is 0.0915. The van der Waals surface area contributed by atoms with Gasteiger partial charge in [0.05, 0.1) is 6.21 Å². The molecule has 1 aromatic rings. The van der Waals surface area contributed by atoms with E-state index in [0.29, 0.717) is 18.7 Å². The molecule has 0 saturated heterocycles. The normalized spacial score (nSPS) is 10.6. The lowest BCUT2D eigenvalue weighted by Crippen LogP contribution is -2.33. The van der Waals surface area contributed by atoms with Crippen LogP contribution < -0.4 is 0 Å². The van der Waals surface area contributed by atoms with Crippen LogP contribution in [0.5, 0.6) is 5.75 Å². The van der Waals surface area contributed by atoms with Gasteiger partial charge in [-0.3, -0.25) is 4.79 Å². The molecule has 0 aliphatic rings. The Morgan fingerprint density at radius 2 is 2.06 bits per heavy atom. The number of phenols is 1. The van der Waals surface area contributed by atoms with Crippen LogP contribution in [0.15, 0.2) is 29.4 Å². The van der Waals surface area contributed by atoms with Crippen molar-refractivity contribution in [1.82, 2.24) is 4.90 Å². The van der Waals surface area contributed by atoms with Gasteiger partial charge >= 0.3 is 0 Å². The van der Waals surface area contributed by atoms with E-state index in [1.54, 1.807) is 29.2 Å². The van der Waals surface area contributed by atoms with Crippen molar-refractivity contribution in [2.24, 2.45) is 5.16 Å². The third-order valence-electron chi connectivity index (χ3n) is 2.51. The Kier molecular flexibility index (Phi) is 5.70. The van der Waals surface area contributed by atoms with E-state index in [1.807, 2.05) is 13.8 Å². The van der Waals surface area contributed by atoms with Gasteiger partial charge in [0.15, 0.2) is 6.61 Å². The van der Waals surface area contributed by atoms with E-state index in [4.69, 9.17) is 4.84 Å². The van der Waals surface area contributed by atoms with Gasteiger partial charge < -0.3 is 14.8 Å². The molecule has 0 aliphatic carbocycles. The molecule has 1 rings (SSSR count). The van der Waals surface area contributed by atoms with Gasteiger partial charge in [-0.1, -0.05) is 17.3 Å². The molecule has 0 bridgehead atoms. The maximum Gasteiger partial charge on any atom is 0.263 e. The van der Waals surface area contributed by atoms with E-state index in [0.717, 1.165) is 0 Å². The van der Waals surface area contributed by atoms with Gasteiger partial charge in [-0.2, -0.15) is 0 Å². The number of phenolic OH excluding ortho intramolecular Hbond substituents is 1. The number of carbonyl (C=O) groups is 1. The molecule has 0 unspecified atom stereocenters. The summed E-state index contributed by atoms with van der Waals surface area (Å²) in [6, 6.07) is 6.76. The summed E-state index contributed by atoms with van der Waals surface area (Å²) in [7, 11) is 0. The van der Waals surface area contributed by atoms with Crippen molar-refractivity contribution in [3.05, 3.63) is 29.8 Å². The first-order chi connectivity index (χ1) is 8.69. The maximum absolute atomic E-state index is 11.6. The Labute approximate surface area is 107 Å². The van der Waals surface area contributed by atoms with Crippen molar-refractivity contribution < 1.29 is 14.7 Å². The zero-order chi connectivity index (χ0) is 13.4. The largest absolute Gasteiger partial charge is 0.507 e. The van der Waals surface area contributed by atoms with Crippen LogP contribution in [-0.2, 0) is 9.63 Å². The van der Waals surface area contributed by atoms with Crippen molar-refractivity contribution in [2.45, 2.75) is 13.8 Å². The number of para-hydroxylation sites is 1. The van der Waals surface area contributed by atoms with Crippen LogP contribution in [0.25, 0.3) is 0 Å². The van der Waals surface area contributed by atoms with Crippen LogP contribution in [0.4, 0.5) is 0 Å². The van der Waals surface area contributed by atoms with Crippen molar-refractivity contribution >= 4 is 12.1 Å². The lowest BCUT2D eigenvalue weighted by Gasteiger charge is -2.17. The minimum atomic E-state index is -0.102. The molecule has 0 fully saturated rings. The van der Waals surface area contributed by atoms with Gasteiger partial charge in [-0.15, -0.1) is 0 Å². The van der Waals surface area contributed by atoms with E-state index in [-0.39, 0.29) is 18.3 Å². The van der Waals surface area contributed by atoms with Gasteiger partial charge in [-0.25, -0.2) is 0 Å². The van der Waals surface area contributed by atoms with Crippen LogP contribution in [0, 0.1) is 0 Å². The molecule has 1 amide bonds. The van der Waals surface area contributed by atoms with Crippen LogP contribution in [0.3, 0.4) is 0 Å². The smallest absolute Gasteiger partial charge is 0.263 e. The van der Waals surface area contributed by atoms with Gasteiger partial charge in [0, 0.05) is 18.7 Å². The van der Waals surface area contributed by atoms with E-state index in [1.165, 1.54) is 6.21 Å². The molecular formula is C13H18N2O3. The molecule has 0 spiro atoms. The number of nitrogens with zero attached hydrogens (tertiary/aromatic N) is 2. The van der Waals surface area contributed by atoms with E-state index in [2.05, 4.69) is 5.16 Å². The SMILES string of the molecule is CCN(CC)C(=O)CO/N=C/c1ccccc1O.